The molecule has 0 saturated heterocycles. The van der Waals surface area contributed by atoms with Gasteiger partial charge in [0.05, 0.1) is 0 Å². The lowest BCUT2D eigenvalue weighted by atomic mass is 10.6. The number of nitrogens with zero attached hydrogens (tertiary/aromatic N) is 2. The van der Waals surface area contributed by atoms with Crippen molar-refractivity contribution in [1.82, 2.24) is 4.68 Å². The van der Waals surface area contributed by atoms with Gasteiger partial charge in [0.2, 0.25) is 5.90 Å². The van der Waals surface area contributed by atoms with E-state index >= 15 is 0 Å². The molecule has 4 nitrogen and oxygen atoms in total. The van der Waals surface area contributed by atoms with Gasteiger partial charge in [-0.15, -0.1) is 5.10 Å². The zero-order valence-electron chi connectivity index (χ0n) is 6.18. The van der Waals surface area contributed by atoms with Crippen LogP contribution in [-0.2, 0) is 9.53 Å². The van der Waals surface area contributed by atoms with Crippen LogP contribution < -0.4 is 0 Å². The molecule has 0 aromatic carbocycles. The number of hydrogen-bond donors (Lipinski definition) is 0. The molecule has 2 rings (SSSR count). The number of aromatic nitrogens is 1. The van der Waals surface area contributed by atoms with Crippen molar-refractivity contribution in [3.8, 4) is 0 Å². The molecule has 0 bridgehead atoms. The van der Waals surface area contributed by atoms with E-state index in [0.717, 1.165) is 0 Å². The number of ether oxygens (including phenoxy) is 1. The standard InChI is InChI=1S/C8H6N2O2/c11-8-4-3-7(12-8)9-10-5-1-2-6-10/h1-6H/b9-7+. The van der Waals surface area contributed by atoms with Crippen LogP contribution in [0.15, 0.2) is 41.8 Å². The van der Waals surface area contributed by atoms with Crippen LogP contribution in [0.5, 0.6) is 0 Å². The summed E-state index contributed by atoms with van der Waals surface area (Å²) in [5, 5.41) is 3.97. The van der Waals surface area contributed by atoms with E-state index in [1.54, 1.807) is 17.1 Å². The Bertz CT molecular complexity index is 349. The molecule has 60 valence electrons. The van der Waals surface area contributed by atoms with Gasteiger partial charge < -0.3 is 4.74 Å². The fourth-order valence-electron chi connectivity index (χ4n) is 0.870. The zero-order chi connectivity index (χ0) is 8.39. The highest BCUT2D eigenvalue weighted by molar-refractivity contribution is 6.07. The third kappa shape index (κ3) is 1.27. The van der Waals surface area contributed by atoms with Gasteiger partial charge in [-0.2, -0.15) is 0 Å². The van der Waals surface area contributed by atoms with Crippen molar-refractivity contribution in [1.29, 1.82) is 0 Å². The van der Waals surface area contributed by atoms with Crippen LogP contribution in [0.1, 0.15) is 0 Å². The smallest absolute Gasteiger partial charge is 0.337 e. The van der Waals surface area contributed by atoms with Crippen LogP contribution in [-0.4, -0.2) is 16.5 Å². The molecule has 0 N–H and O–H groups in total. The van der Waals surface area contributed by atoms with Crippen molar-refractivity contribution in [2.24, 2.45) is 5.10 Å². The predicted molar refractivity (Wildman–Crippen MR) is 42.5 cm³/mol. The Hall–Kier alpha value is -1.84. The SMILES string of the molecule is O=C1C=C/C(=N\n2cccc2)O1. The van der Waals surface area contributed by atoms with Crippen LogP contribution in [0.3, 0.4) is 0 Å². The Morgan fingerprint density at radius 2 is 2.00 bits per heavy atom. The monoisotopic (exact) mass is 162 g/mol. The van der Waals surface area contributed by atoms with Crippen molar-refractivity contribution in [2.45, 2.75) is 0 Å². The van der Waals surface area contributed by atoms with Gasteiger partial charge in [-0.05, 0) is 12.1 Å². The van der Waals surface area contributed by atoms with E-state index in [0.29, 0.717) is 5.90 Å². The Kier molecular flexibility index (Phi) is 1.51. The first-order chi connectivity index (χ1) is 5.84. The van der Waals surface area contributed by atoms with Crippen molar-refractivity contribution in [3.05, 3.63) is 36.7 Å². The molecule has 0 radical (unpaired) electrons. The lowest BCUT2D eigenvalue weighted by molar-refractivity contribution is -0.129. The predicted octanol–water partition coefficient (Wildman–Crippen LogP) is 0.763. The molecule has 0 amide bonds. The van der Waals surface area contributed by atoms with Gasteiger partial charge in [0, 0.05) is 24.5 Å². The number of cyclic esters (lactones) is 1. The fourth-order valence-corrected chi connectivity index (χ4v) is 0.870. The van der Waals surface area contributed by atoms with Crippen molar-refractivity contribution in [3.63, 3.8) is 0 Å². The molecule has 1 aromatic rings. The lowest BCUT2D eigenvalue weighted by Gasteiger charge is -1.94. The summed E-state index contributed by atoms with van der Waals surface area (Å²) in [4.78, 5) is 10.6. The summed E-state index contributed by atoms with van der Waals surface area (Å²) in [5.41, 5.74) is 0. The largest absolute Gasteiger partial charge is 0.403 e. The van der Waals surface area contributed by atoms with Crippen molar-refractivity contribution >= 4 is 11.9 Å². The average Bonchev–Trinajstić information content (AvgIpc) is 2.63. The molecule has 1 aliphatic rings. The molecular formula is C8H6N2O2. The first-order valence-electron chi connectivity index (χ1n) is 3.46. The summed E-state index contributed by atoms with van der Waals surface area (Å²) < 4.78 is 6.28. The summed E-state index contributed by atoms with van der Waals surface area (Å²) in [6.45, 7) is 0. The summed E-state index contributed by atoms with van der Waals surface area (Å²) in [6.07, 6.45) is 6.38. The lowest BCUT2D eigenvalue weighted by Crippen LogP contribution is -2.01. The molecule has 0 aliphatic carbocycles. The number of hydrogen-bond acceptors (Lipinski definition) is 3. The Balaban J connectivity index is 2.21. The highest BCUT2D eigenvalue weighted by Crippen LogP contribution is 1.99. The first kappa shape index (κ1) is 6.84. The van der Waals surface area contributed by atoms with Gasteiger partial charge in [-0.1, -0.05) is 0 Å². The van der Waals surface area contributed by atoms with Gasteiger partial charge >= 0.3 is 5.97 Å². The molecule has 0 atom stereocenters. The number of esters is 1. The van der Waals surface area contributed by atoms with Crippen LogP contribution in [0.4, 0.5) is 0 Å². The Morgan fingerprint density at radius 3 is 2.58 bits per heavy atom. The summed E-state index contributed by atoms with van der Waals surface area (Å²) in [5.74, 6) is -0.0582. The molecule has 1 aromatic heterocycles. The second kappa shape index (κ2) is 2.65. The molecule has 0 fully saturated rings. The Morgan fingerprint density at radius 1 is 1.25 bits per heavy atom. The normalized spacial score (nSPS) is 18.7. The van der Waals surface area contributed by atoms with Gasteiger partial charge in [0.15, 0.2) is 0 Å². The van der Waals surface area contributed by atoms with Gasteiger partial charge in [-0.3, -0.25) is 0 Å². The molecule has 2 heterocycles. The average molecular weight is 162 g/mol. The number of carbonyl (C=O) groups is 1. The molecule has 4 heteroatoms. The second-order valence-corrected chi connectivity index (χ2v) is 2.26. The molecule has 12 heavy (non-hydrogen) atoms. The van der Waals surface area contributed by atoms with E-state index in [-0.39, 0.29) is 5.97 Å². The maximum absolute atomic E-state index is 10.6. The van der Waals surface area contributed by atoms with Crippen LogP contribution in [0.2, 0.25) is 0 Å². The molecule has 0 unspecified atom stereocenters. The van der Waals surface area contributed by atoms with Gasteiger partial charge in [0.1, 0.15) is 0 Å². The number of rotatable bonds is 1. The topological polar surface area (TPSA) is 43.6 Å². The third-order valence-corrected chi connectivity index (χ3v) is 1.37. The van der Waals surface area contributed by atoms with Gasteiger partial charge in [0.25, 0.3) is 0 Å². The van der Waals surface area contributed by atoms with E-state index in [1.165, 1.54) is 12.2 Å². The van der Waals surface area contributed by atoms with Crippen molar-refractivity contribution in [2.75, 3.05) is 0 Å². The molecule has 1 aliphatic heterocycles. The van der Waals surface area contributed by atoms with Crippen LogP contribution in [0.25, 0.3) is 0 Å². The van der Waals surface area contributed by atoms with E-state index in [2.05, 4.69) is 5.10 Å². The molecule has 0 saturated carbocycles. The maximum Gasteiger partial charge on any atom is 0.337 e. The van der Waals surface area contributed by atoms with E-state index in [9.17, 15) is 4.79 Å². The first-order valence-corrected chi connectivity index (χ1v) is 3.46. The third-order valence-electron chi connectivity index (χ3n) is 1.37. The quantitative estimate of drug-likeness (QED) is 0.572. The highest BCUT2D eigenvalue weighted by atomic mass is 16.5. The minimum Gasteiger partial charge on any atom is -0.403 e. The summed E-state index contributed by atoms with van der Waals surface area (Å²) in [6, 6.07) is 3.68. The highest BCUT2D eigenvalue weighted by Gasteiger charge is 2.10. The van der Waals surface area contributed by atoms with Crippen LogP contribution in [0, 0.1) is 0 Å². The molecule has 0 spiro atoms. The fraction of sp³-hybridized carbons (Fsp3) is 0. The summed E-state index contributed by atoms with van der Waals surface area (Å²) in [7, 11) is 0. The van der Waals surface area contributed by atoms with E-state index < -0.39 is 0 Å². The van der Waals surface area contributed by atoms with Gasteiger partial charge in [-0.25, -0.2) is 9.47 Å². The van der Waals surface area contributed by atoms with Crippen LogP contribution >= 0.6 is 0 Å². The minimum absolute atomic E-state index is 0.316. The number of carbonyl (C=O) groups excluding carboxylic acids is 1. The Labute approximate surface area is 68.8 Å². The zero-order valence-corrected chi connectivity index (χ0v) is 6.18. The van der Waals surface area contributed by atoms with E-state index in [1.807, 2.05) is 12.1 Å². The molecular weight excluding hydrogens is 156 g/mol. The van der Waals surface area contributed by atoms with E-state index in [4.69, 9.17) is 4.74 Å². The summed E-state index contributed by atoms with van der Waals surface area (Å²) >= 11 is 0. The second-order valence-electron chi connectivity index (χ2n) is 2.26. The maximum atomic E-state index is 10.6. The minimum atomic E-state index is -0.374. The van der Waals surface area contributed by atoms with Crippen molar-refractivity contribution < 1.29 is 9.53 Å².